The van der Waals surface area contributed by atoms with E-state index < -0.39 is 43.1 Å². The Bertz CT molecular complexity index is 266. The van der Waals surface area contributed by atoms with Crippen molar-refractivity contribution >= 4 is 5.97 Å². The number of rotatable bonds is 6. The molecule has 0 bridgehead atoms. The highest BCUT2D eigenvalue weighted by atomic mass is 16.4. The Morgan fingerprint density at radius 3 is 1.63 bits per heavy atom. The molecule has 1 unspecified atom stereocenters. The van der Waals surface area contributed by atoms with Crippen molar-refractivity contribution in [3.05, 3.63) is 12.2 Å². The Morgan fingerprint density at radius 1 is 1.05 bits per heavy atom. The van der Waals surface area contributed by atoms with Gasteiger partial charge >= 0.3 is 5.97 Å². The number of hydrogen-bond donors (Lipinski definition) is 7. The first-order chi connectivity index (χ1) is 8.56. The van der Waals surface area contributed by atoms with Crippen molar-refractivity contribution in [1.82, 2.24) is 0 Å². The van der Waals surface area contributed by atoms with Crippen molar-refractivity contribution in [3.63, 3.8) is 0 Å². The first kappa shape index (κ1) is 20.3. The molecule has 0 fully saturated rings. The van der Waals surface area contributed by atoms with Crippen LogP contribution >= 0.6 is 0 Å². The second-order valence-corrected chi connectivity index (χ2v) is 4.05. The van der Waals surface area contributed by atoms with Crippen LogP contribution in [0, 0.1) is 0 Å². The predicted octanol–water partition coefficient (Wildman–Crippen LogP) is -2.55. The predicted molar refractivity (Wildman–Crippen MR) is 65.2 cm³/mol. The molecule has 0 saturated heterocycles. The second-order valence-electron chi connectivity index (χ2n) is 4.05. The summed E-state index contributed by atoms with van der Waals surface area (Å²) in [5, 5.41) is 61.3. The molecule has 0 aromatic rings. The minimum atomic E-state index is -1.69. The zero-order valence-corrected chi connectivity index (χ0v) is 10.8. The third-order valence-electron chi connectivity index (χ3n) is 2.14. The first-order valence-electron chi connectivity index (χ1n) is 5.46. The van der Waals surface area contributed by atoms with E-state index >= 15 is 0 Å². The monoisotopic (exact) mass is 282 g/mol. The molecule has 0 heterocycles. The Balaban J connectivity index is 0. The minimum absolute atomic E-state index is 0.176. The van der Waals surface area contributed by atoms with E-state index in [1.54, 1.807) is 0 Å². The molecule has 0 aliphatic heterocycles. The van der Waals surface area contributed by atoms with Gasteiger partial charge in [0, 0.05) is 5.57 Å². The summed E-state index contributed by atoms with van der Waals surface area (Å²) in [4.78, 5) is 9.60. The minimum Gasteiger partial charge on any atom is -0.478 e. The molecule has 0 radical (unpaired) electrons. The van der Waals surface area contributed by atoms with Crippen LogP contribution in [0.25, 0.3) is 0 Å². The van der Waals surface area contributed by atoms with Crippen molar-refractivity contribution in [2.75, 3.05) is 6.61 Å². The van der Waals surface area contributed by atoms with Crippen molar-refractivity contribution in [3.8, 4) is 0 Å². The molecule has 19 heavy (non-hydrogen) atoms. The van der Waals surface area contributed by atoms with Crippen molar-refractivity contribution < 1.29 is 40.5 Å². The maximum Gasteiger partial charge on any atom is 0.330 e. The van der Waals surface area contributed by atoms with Crippen LogP contribution in [0.3, 0.4) is 0 Å². The van der Waals surface area contributed by atoms with E-state index in [1.807, 2.05) is 0 Å². The fourth-order valence-corrected chi connectivity index (χ4v) is 0.823. The Hall–Kier alpha value is -1.03. The fourth-order valence-electron chi connectivity index (χ4n) is 0.823. The summed E-state index contributed by atoms with van der Waals surface area (Å²) >= 11 is 0. The van der Waals surface area contributed by atoms with Gasteiger partial charge in [-0.2, -0.15) is 0 Å². The second kappa shape index (κ2) is 9.84. The maximum atomic E-state index is 9.60. The molecule has 7 N–H and O–H groups in total. The molecule has 0 amide bonds. The number of carboxylic acids is 1. The number of hydrogen-bond acceptors (Lipinski definition) is 7. The van der Waals surface area contributed by atoms with Gasteiger partial charge in [0.15, 0.2) is 0 Å². The molecule has 8 heteroatoms. The zero-order chi connectivity index (χ0) is 15.7. The normalized spacial score (nSPS) is 18.3. The SMILES string of the molecule is C=C(C)C(=O)O.CC(O)[C@H](O)[C@@H](O)[C@H](O)[C@H](O)CO. The standard InChI is InChI=1S/C7H16O6.C4H6O2/c1-3(9)5(11)7(13)6(12)4(10)2-8;1-3(2)4(5)6/h3-13H,2H2,1H3;1H2,2H3,(H,5,6)/t3?,4-,5+,6-,7-;/m1./s1. The van der Waals surface area contributed by atoms with Gasteiger partial charge in [0.1, 0.15) is 24.4 Å². The van der Waals surface area contributed by atoms with Crippen molar-refractivity contribution in [1.29, 1.82) is 0 Å². The lowest BCUT2D eigenvalue weighted by atomic mass is 10.0. The van der Waals surface area contributed by atoms with Gasteiger partial charge < -0.3 is 35.7 Å². The highest BCUT2D eigenvalue weighted by molar-refractivity contribution is 5.84. The van der Waals surface area contributed by atoms with E-state index in [0.717, 1.165) is 0 Å². The molecule has 5 atom stereocenters. The Morgan fingerprint density at radius 2 is 1.42 bits per heavy atom. The van der Waals surface area contributed by atoms with Gasteiger partial charge in [-0.15, -0.1) is 0 Å². The van der Waals surface area contributed by atoms with Crippen molar-refractivity contribution in [2.45, 2.75) is 44.4 Å². The average molecular weight is 282 g/mol. The molecule has 0 aliphatic carbocycles. The van der Waals surface area contributed by atoms with Gasteiger partial charge in [-0.25, -0.2) is 4.79 Å². The largest absolute Gasteiger partial charge is 0.478 e. The lowest BCUT2D eigenvalue weighted by Crippen LogP contribution is -2.49. The van der Waals surface area contributed by atoms with Crippen LogP contribution in [0.4, 0.5) is 0 Å². The average Bonchev–Trinajstić information content (AvgIpc) is 2.35. The zero-order valence-electron chi connectivity index (χ0n) is 10.8. The lowest BCUT2D eigenvalue weighted by Gasteiger charge is -2.26. The van der Waals surface area contributed by atoms with Crippen LogP contribution < -0.4 is 0 Å². The maximum absolute atomic E-state index is 9.60. The summed E-state index contributed by atoms with van der Waals surface area (Å²) in [7, 11) is 0. The summed E-state index contributed by atoms with van der Waals surface area (Å²) in [6.45, 7) is 5.10. The molecule has 0 aromatic carbocycles. The number of carboxylic acid groups (broad SMARTS) is 1. The number of aliphatic hydroxyl groups is 6. The van der Waals surface area contributed by atoms with Crippen LogP contribution in [0.15, 0.2) is 12.2 Å². The van der Waals surface area contributed by atoms with E-state index in [1.165, 1.54) is 13.8 Å². The fraction of sp³-hybridized carbons (Fsp3) is 0.727. The van der Waals surface area contributed by atoms with Gasteiger partial charge in [0.25, 0.3) is 0 Å². The highest BCUT2D eigenvalue weighted by Gasteiger charge is 2.32. The number of carbonyl (C=O) groups is 1. The molecule has 0 rings (SSSR count). The molecule has 0 spiro atoms. The van der Waals surface area contributed by atoms with E-state index in [4.69, 9.17) is 35.7 Å². The summed E-state index contributed by atoms with van der Waals surface area (Å²) < 4.78 is 0. The highest BCUT2D eigenvalue weighted by Crippen LogP contribution is 2.07. The topological polar surface area (TPSA) is 159 Å². The van der Waals surface area contributed by atoms with Gasteiger partial charge in [0.2, 0.25) is 0 Å². The van der Waals surface area contributed by atoms with Crippen LogP contribution in [-0.2, 0) is 4.79 Å². The summed E-state index contributed by atoms with van der Waals surface area (Å²) in [5.41, 5.74) is 0.176. The smallest absolute Gasteiger partial charge is 0.330 e. The third-order valence-corrected chi connectivity index (χ3v) is 2.14. The number of aliphatic carboxylic acids is 1. The third kappa shape index (κ3) is 8.65. The molecular weight excluding hydrogens is 260 g/mol. The Labute approximate surface area is 110 Å². The lowest BCUT2D eigenvalue weighted by molar-refractivity contribution is -0.137. The number of aliphatic hydroxyl groups excluding tert-OH is 6. The van der Waals surface area contributed by atoms with Crippen molar-refractivity contribution in [2.24, 2.45) is 0 Å². The molecular formula is C11H22O8. The van der Waals surface area contributed by atoms with Gasteiger partial charge in [0.05, 0.1) is 12.7 Å². The van der Waals surface area contributed by atoms with E-state index in [9.17, 15) is 4.79 Å². The molecule has 114 valence electrons. The van der Waals surface area contributed by atoms with Crippen LogP contribution in [-0.4, -0.2) is 78.8 Å². The summed E-state index contributed by atoms with van der Waals surface area (Å²) in [5.74, 6) is -0.935. The van der Waals surface area contributed by atoms with E-state index in [-0.39, 0.29) is 5.57 Å². The van der Waals surface area contributed by atoms with Gasteiger partial charge in [-0.3, -0.25) is 0 Å². The van der Waals surface area contributed by atoms with Crippen LogP contribution in [0.5, 0.6) is 0 Å². The van der Waals surface area contributed by atoms with Crippen LogP contribution in [0.2, 0.25) is 0 Å². The summed E-state index contributed by atoms with van der Waals surface area (Å²) in [6.07, 6.45) is -7.70. The summed E-state index contributed by atoms with van der Waals surface area (Å²) in [6, 6.07) is 0. The van der Waals surface area contributed by atoms with Gasteiger partial charge in [-0.05, 0) is 13.8 Å². The quantitative estimate of drug-likeness (QED) is 0.262. The van der Waals surface area contributed by atoms with Crippen LogP contribution in [0.1, 0.15) is 13.8 Å². The Kier molecular flexibility index (Phi) is 10.5. The molecule has 8 nitrogen and oxygen atoms in total. The molecule has 0 aliphatic rings. The van der Waals surface area contributed by atoms with Gasteiger partial charge in [-0.1, -0.05) is 6.58 Å². The first-order valence-corrected chi connectivity index (χ1v) is 5.46. The molecule has 0 aromatic heterocycles. The molecule has 0 saturated carbocycles. The van der Waals surface area contributed by atoms with E-state index in [2.05, 4.69) is 6.58 Å². The van der Waals surface area contributed by atoms with E-state index in [0.29, 0.717) is 0 Å².